The van der Waals surface area contributed by atoms with E-state index in [2.05, 4.69) is 4.72 Å². The molecule has 1 atom stereocenters. The highest BCUT2D eigenvalue weighted by atomic mass is 32.2. The van der Waals surface area contributed by atoms with Gasteiger partial charge in [-0.1, -0.05) is 6.07 Å². The molecule has 19 heavy (non-hydrogen) atoms. The number of nitrogens with zero attached hydrogens (tertiary/aromatic N) is 1. The Morgan fingerprint density at radius 3 is 2.79 bits per heavy atom. The van der Waals surface area contributed by atoms with E-state index in [1.54, 1.807) is 0 Å². The highest BCUT2D eigenvalue weighted by Crippen LogP contribution is 2.18. The molecule has 1 aliphatic rings. The summed E-state index contributed by atoms with van der Waals surface area (Å²) in [5.74, 6) is -0.762. The molecule has 1 unspecified atom stereocenters. The van der Waals surface area contributed by atoms with Crippen molar-refractivity contribution < 1.29 is 12.8 Å². The van der Waals surface area contributed by atoms with Gasteiger partial charge >= 0.3 is 0 Å². The van der Waals surface area contributed by atoms with Crippen molar-refractivity contribution >= 4 is 10.0 Å². The third kappa shape index (κ3) is 3.30. The first-order valence-corrected chi connectivity index (χ1v) is 7.60. The molecule has 0 radical (unpaired) electrons. The van der Waals surface area contributed by atoms with Gasteiger partial charge < -0.3 is 10.6 Å². The van der Waals surface area contributed by atoms with Crippen molar-refractivity contribution in [3.05, 3.63) is 29.6 Å². The third-order valence-electron chi connectivity index (χ3n) is 3.23. The Balaban J connectivity index is 2.19. The normalized spacial score (nSPS) is 20.9. The standard InChI is InChI=1S/C12H18FN3O2S/c1-16-5-4-10(8-16)15-19(17,18)12-3-2-9(7-14)6-11(12)13/h2-3,6,10,15H,4-5,7-8,14H2,1H3. The van der Waals surface area contributed by atoms with E-state index >= 15 is 0 Å². The third-order valence-corrected chi connectivity index (χ3v) is 4.79. The Morgan fingerprint density at radius 2 is 2.26 bits per heavy atom. The summed E-state index contributed by atoms with van der Waals surface area (Å²) in [5, 5.41) is 0. The minimum Gasteiger partial charge on any atom is -0.326 e. The van der Waals surface area contributed by atoms with Crippen LogP contribution in [0, 0.1) is 5.82 Å². The molecule has 1 aromatic rings. The van der Waals surface area contributed by atoms with Crippen molar-refractivity contribution in [1.29, 1.82) is 0 Å². The van der Waals surface area contributed by atoms with Crippen molar-refractivity contribution in [2.24, 2.45) is 5.73 Å². The zero-order valence-electron chi connectivity index (χ0n) is 10.8. The van der Waals surface area contributed by atoms with Gasteiger partial charge in [0.1, 0.15) is 10.7 Å². The van der Waals surface area contributed by atoms with Crippen LogP contribution in [0.15, 0.2) is 23.1 Å². The van der Waals surface area contributed by atoms with Crippen LogP contribution in [0.2, 0.25) is 0 Å². The highest BCUT2D eigenvalue weighted by Gasteiger charge is 2.27. The van der Waals surface area contributed by atoms with Gasteiger partial charge in [-0.2, -0.15) is 0 Å². The SMILES string of the molecule is CN1CCC(NS(=O)(=O)c2ccc(CN)cc2F)C1. The second kappa shape index (κ2) is 5.54. The number of nitrogens with one attached hydrogen (secondary N) is 1. The molecular formula is C12H18FN3O2S. The summed E-state index contributed by atoms with van der Waals surface area (Å²) in [7, 11) is -1.89. The van der Waals surface area contributed by atoms with E-state index in [0.29, 0.717) is 12.1 Å². The van der Waals surface area contributed by atoms with Gasteiger partial charge in [-0.15, -0.1) is 0 Å². The number of hydrogen-bond acceptors (Lipinski definition) is 4. The van der Waals surface area contributed by atoms with Gasteiger partial charge in [-0.25, -0.2) is 17.5 Å². The van der Waals surface area contributed by atoms with Gasteiger partial charge in [0.25, 0.3) is 0 Å². The van der Waals surface area contributed by atoms with Crippen molar-refractivity contribution in [1.82, 2.24) is 9.62 Å². The molecule has 0 saturated carbocycles. The molecule has 3 N–H and O–H groups in total. The Kier molecular flexibility index (Phi) is 4.19. The molecule has 0 amide bonds. The van der Waals surface area contributed by atoms with Crippen LogP contribution >= 0.6 is 0 Å². The van der Waals surface area contributed by atoms with Gasteiger partial charge in [0.2, 0.25) is 10.0 Å². The van der Waals surface area contributed by atoms with Crippen LogP contribution in [-0.4, -0.2) is 39.5 Å². The summed E-state index contributed by atoms with van der Waals surface area (Å²) in [5.41, 5.74) is 5.95. The quantitative estimate of drug-likeness (QED) is 0.833. The van der Waals surface area contributed by atoms with E-state index in [9.17, 15) is 12.8 Å². The van der Waals surface area contributed by atoms with Crippen molar-refractivity contribution in [3.8, 4) is 0 Å². The molecule has 5 nitrogen and oxygen atoms in total. The van der Waals surface area contributed by atoms with Crippen molar-refractivity contribution in [2.45, 2.75) is 23.9 Å². The number of likely N-dealkylation sites (tertiary alicyclic amines) is 1. The molecule has 0 aliphatic carbocycles. The zero-order chi connectivity index (χ0) is 14.0. The number of nitrogens with two attached hydrogens (primary N) is 1. The van der Waals surface area contributed by atoms with E-state index in [-0.39, 0.29) is 17.5 Å². The van der Waals surface area contributed by atoms with Crippen LogP contribution < -0.4 is 10.5 Å². The summed E-state index contributed by atoms with van der Waals surface area (Å²) >= 11 is 0. The summed E-state index contributed by atoms with van der Waals surface area (Å²) in [6.45, 7) is 1.65. The lowest BCUT2D eigenvalue weighted by Crippen LogP contribution is -2.36. The van der Waals surface area contributed by atoms with Crippen molar-refractivity contribution in [3.63, 3.8) is 0 Å². The summed E-state index contributed by atoms with van der Waals surface area (Å²) in [6.07, 6.45) is 0.734. The fraction of sp³-hybridized carbons (Fsp3) is 0.500. The van der Waals surface area contributed by atoms with E-state index in [1.807, 2.05) is 11.9 Å². The van der Waals surface area contributed by atoms with E-state index < -0.39 is 15.8 Å². The van der Waals surface area contributed by atoms with Gasteiger partial charge in [0, 0.05) is 19.1 Å². The van der Waals surface area contributed by atoms with Crippen LogP contribution in [0.4, 0.5) is 4.39 Å². The second-order valence-corrected chi connectivity index (χ2v) is 6.52. The van der Waals surface area contributed by atoms with Crippen LogP contribution in [0.25, 0.3) is 0 Å². The number of likely N-dealkylation sites (N-methyl/N-ethyl adjacent to an activating group) is 1. The lowest BCUT2D eigenvalue weighted by molar-refractivity contribution is 0.407. The molecule has 1 aliphatic heterocycles. The van der Waals surface area contributed by atoms with Gasteiger partial charge in [0.15, 0.2) is 0 Å². The Hall–Kier alpha value is -1.02. The van der Waals surface area contributed by atoms with Crippen LogP contribution in [0.1, 0.15) is 12.0 Å². The molecule has 1 heterocycles. The molecule has 7 heteroatoms. The van der Waals surface area contributed by atoms with E-state index in [0.717, 1.165) is 19.0 Å². The molecule has 1 saturated heterocycles. The molecule has 0 bridgehead atoms. The number of sulfonamides is 1. The van der Waals surface area contributed by atoms with Gasteiger partial charge in [-0.3, -0.25) is 0 Å². The van der Waals surface area contributed by atoms with Gasteiger partial charge in [0.05, 0.1) is 0 Å². The number of halogens is 1. The first kappa shape index (κ1) is 14.4. The lowest BCUT2D eigenvalue weighted by Gasteiger charge is -2.14. The van der Waals surface area contributed by atoms with Crippen LogP contribution in [0.3, 0.4) is 0 Å². The molecule has 0 spiro atoms. The Labute approximate surface area is 112 Å². The predicted molar refractivity (Wildman–Crippen MR) is 70.5 cm³/mol. The highest BCUT2D eigenvalue weighted by molar-refractivity contribution is 7.89. The monoisotopic (exact) mass is 287 g/mol. The lowest BCUT2D eigenvalue weighted by atomic mass is 10.2. The molecule has 0 aromatic heterocycles. The molecular weight excluding hydrogens is 269 g/mol. The molecule has 1 fully saturated rings. The number of rotatable bonds is 4. The maximum absolute atomic E-state index is 13.8. The first-order valence-electron chi connectivity index (χ1n) is 6.12. The zero-order valence-corrected chi connectivity index (χ0v) is 11.6. The van der Waals surface area contributed by atoms with Crippen molar-refractivity contribution in [2.75, 3.05) is 20.1 Å². The maximum atomic E-state index is 13.8. The van der Waals surface area contributed by atoms with E-state index in [1.165, 1.54) is 12.1 Å². The van der Waals surface area contributed by atoms with Crippen LogP contribution in [-0.2, 0) is 16.6 Å². The largest absolute Gasteiger partial charge is 0.326 e. The average Bonchev–Trinajstić information content (AvgIpc) is 2.73. The Bertz CT molecular complexity index is 562. The average molecular weight is 287 g/mol. The minimum absolute atomic E-state index is 0.163. The number of benzene rings is 1. The summed E-state index contributed by atoms with van der Waals surface area (Å²) < 4.78 is 40.6. The minimum atomic E-state index is -3.82. The molecule has 2 rings (SSSR count). The summed E-state index contributed by atoms with van der Waals surface area (Å²) in [6, 6.07) is 3.79. The first-order chi connectivity index (χ1) is 8.92. The summed E-state index contributed by atoms with van der Waals surface area (Å²) in [4.78, 5) is 1.71. The maximum Gasteiger partial charge on any atom is 0.243 e. The van der Waals surface area contributed by atoms with Gasteiger partial charge in [-0.05, 0) is 37.7 Å². The fourth-order valence-electron chi connectivity index (χ4n) is 2.20. The van der Waals surface area contributed by atoms with E-state index in [4.69, 9.17) is 5.73 Å². The Morgan fingerprint density at radius 1 is 1.53 bits per heavy atom. The predicted octanol–water partition coefficient (Wildman–Crippen LogP) is 0.267. The molecule has 106 valence electrons. The number of hydrogen-bond donors (Lipinski definition) is 2. The fourth-order valence-corrected chi connectivity index (χ4v) is 3.52. The molecule has 1 aromatic carbocycles. The van der Waals surface area contributed by atoms with Crippen LogP contribution in [0.5, 0.6) is 0 Å². The topological polar surface area (TPSA) is 75.4 Å². The second-order valence-electron chi connectivity index (χ2n) is 4.84. The smallest absolute Gasteiger partial charge is 0.243 e.